The number of nitrogens with two attached hydrogens (primary N) is 1. The fourth-order valence-corrected chi connectivity index (χ4v) is 2.45. The van der Waals surface area contributed by atoms with Crippen LogP contribution in [0.1, 0.15) is 17.2 Å². The first-order valence-electron chi connectivity index (χ1n) is 4.28. The van der Waals surface area contributed by atoms with Crippen molar-refractivity contribution in [3.8, 4) is 0 Å². The Morgan fingerprint density at radius 2 is 2.07 bits per heavy atom. The number of aromatic nitrogens is 1. The van der Waals surface area contributed by atoms with Gasteiger partial charge in [-0.2, -0.15) is 11.3 Å². The van der Waals surface area contributed by atoms with Crippen LogP contribution in [-0.2, 0) is 0 Å². The number of halogens is 2. The van der Waals surface area contributed by atoms with Crippen LogP contribution >= 0.6 is 34.5 Å². The van der Waals surface area contributed by atoms with E-state index in [4.69, 9.17) is 28.9 Å². The normalized spacial score (nSPS) is 12.7. The molecule has 2 rings (SSSR count). The van der Waals surface area contributed by atoms with Crippen molar-refractivity contribution >= 4 is 34.5 Å². The number of thiophene rings is 1. The van der Waals surface area contributed by atoms with E-state index in [1.807, 2.05) is 16.8 Å². The van der Waals surface area contributed by atoms with Crippen molar-refractivity contribution in [1.29, 1.82) is 0 Å². The Hall–Kier alpha value is -0.610. The molecule has 0 radical (unpaired) electrons. The first-order valence-corrected chi connectivity index (χ1v) is 5.98. The van der Waals surface area contributed by atoms with Gasteiger partial charge in [0, 0.05) is 5.56 Å². The number of hydrogen-bond donors (Lipinski definition) is 1. The summed E-state index contributed by atoms with van der Waals surface area (Å²) in [5.41, 5.74) is 7.88. The summed E-state index contributed by atoms with van der Waals surface area (Å²) in [6.45, 7) is 0. The molecule has 0 aromatic carbocycles. The Morgan fingerprint density at radius 3 is 2.67 bits per heavy atom. The minimum absolute atomic E-state index is 0.242. The monoisotopic (exact) mass is 258 g/mol. The van der Waals surface area contributed by atoms with Crippen LogP contribution < -0.4 is 5.73 Å². The molecule has 2 heterocycles. The molecule has 1 atom stereocenters. The lowest BCUT2D eigenvalue weighted by Gasteiger charge is -2.11. The highest BCUT2D eigenvalue weighted by molar-refractivity contribution is 7.08. The maximum atomic E-state index is 6.05. The molecule has 2 N–H and O–H groups in total. The van der Waals surface area contributed by atoms with E-state index in [1.54, 1.807) is 23.5 Å². The Balaban J connectivity index is 2.38. The van der Waals surface area contributed by atoms with Crippen molar-refractivity contribution in [3.63, 3.8) is 0 Å². The lowest BCUT2D eigenvalue weighted by atomic mass is 10.0. The van der Waals surface area contributed by atoms with Gasteiger partial charge >= 0.3 is 0 Å². The molecule has 0 amide bonds. The second kappa shape index (κ2) is 4.49. The van der Waals surface area contributed by atoms with E-state index in [2.05, 4.69) is 4.98 Å². The summed E-state index contributed by atoms with van der Waals surface area (Å²) in [5, 5.41) is 4.71. The van der Waals surface area contributed by atoms with Crippen LogP contribution in [0, 0.1) is 0 Å². The van der Waals surface area contributed by atoms with Gasteiger partial charge in [0.05, 0.1) is 6.04 Å². The van der Waals surface area contributed by atoms with Gasteiger partial charge in [-0.15, -0.1) is 0 Å². The highest BCUT2D eigenvalue weighted by atomic mass is 35.5. The first kappa shape index (κ1) is 10.9. The number of pyridine rings is 1. The molecule has 78 valence electrons. The van der Waals surface area contributed by atoms with Crippen molar-refractivity contribution < 1.29 is 0 Å². The summed E-state index contributed by atoms with van der Waals surface area (Å²) >= 11 is 13.3. The summed E-state index contributed by atoms with van der Waals surface area (Å²) in [5.74, 6) is 0. The van der Waals surface area contributed by atoms with Gasteiger partial charge in [-0.1, -0.05) is 29.3 Å². The van der Waals surface area contributed by atoms with E-state index < -0.39 is 0 Å². The average molecular weight is 259 g/mol. The standard InChI is InChI=1S/C10H8Cl2N2S/c11-8-2-1-7(10(12)14-8)9(13)6-3-4-15-5-6/h1-5,9H,13H2/t9-/m1/s1. The lowest BCUT2D eigenvalue weighted by molar-refractivity contribution is 0.869. The molecule has 2 aromatic rings. The van der Waals surface area contributed by atoms with Crippen LogP contribution in [0.15, 0.2) is 29.0 Å². The molecule has 0 spiro atoms. The molecule has 0 aliphatic rings. The molecular weight excluding hydrogens is 251 g/mol. The van der Waals surface area contributed by atoms with Crippen LogP contribution in [0.5, 0.6) is 0 Å². The SMILES string of the molecule is N[C@H](c1ccsc1)c1ccc(Cl)nc1Cl. The van der Waals surface area contributed by atoms with E-state index in [-0.39, 0.29) is 6.04 Å². The number of hydrogen-bond acceptors (Lipinski definition) is 3. The zero-order valence-electron chi connectivity index (χ0n) is 7.65. The summed E-state index contributed by atoms with van der Waals surface area (Å²) < 4.78 is 0. The van der Waals surface area contributed by atoms with Crippen LogP contribution in [0.25, 0.3) is 0 Å². The van der Waals surface area contributed by atoms with E-state index in [0.29, 0.717) is 10.3 Å². The second-order valence-electron chi connectivity index (χ2n) is 3.05. The third-order valence-electron chi connectivity index (χ3n) is 2.08. The van der Waals surface area contributed by atoms with Gasteiger partial charge in [0.25, 0.3) is 0 Å². The third kappa shape index (κ3) is 2.32. The Kier molecular flexibility index (Phi) is 3.26. The van der Waals surface area contributed by atoms with Crippen molar-refractivity contribution in [3.05, 3.63) is 50.4 Å². The molecule has 15 heavy (non-hydrogen) atoms. The van der Waals surface area contributed by atoms with Gasteiger partial charge in [0.1, 0.15) is 10.3 Å². The first-order chi connectivity index (χ1) is 7.18. The van der Waals surface area contributed by atoms with Crippen molar-refractivity contribution in [2.24, 2.45) is 5.73 Å². The minimum atomic E-state index is -0.242. The van der Waals surface area contributed by atoms with Gasteiger partial charge in [0.2, 0.25) is 0 Å². The molecule has 0 saturated carbocycles. The molecule has 0 fully saturated rings. The van der Waals surface area contributed by atoms with Gasteiger partial charge in [0.15, 0.2) is 0 Å². The predicted molar refractivity (Wildman–Crippen MR) is 64.6 cm³/mol. The molecular formula is C10H8Cl2N2S. The maximum absolute atomic E-state index is 6.05. The fraction of sp³-hybridized carbons (Fsp3) is 0.100. The average Bonchev–Trinajstić information content (AvgIpc) is 2.69. The largest absolute Gasteiger partial charge is 0.320 e. The van der Waals surface area contributed by atoms with Gasteiger partial charge in [-0.3, -0.25) is 0 Å². The number of nitrogens with zero attached hydrogens (tertiary/aromatic N) is 1. The minimum Gasteiger partial charge on any atom is -0.320 e. The quantitative estimate of drug-likeness (QED) is 0.838. The molecule has 0 aliphatic heterocycles. The van der Waals surface area contributed by atoms with Crippen LogP contribution in [0.4, 0.5) is 0 Å². The molecule has 0 bridgehead atoms. The second-order valence-corrected chi connectivity index (χ2v) is 4.57. The zero-order valence-corrected chi connectivity index (χ0v) is 9.98. The maximum Gasteiger partial charge on any atom is 0.135 e. The number of rotatable bonds is 2. The summed E-state index contributed by atoms with van der Waals surface area (Å²) in [4.78, 5) is 3.96. The predicted octanol–water partition coefficient (Wildman–Crippen LogP) is 3.50. The van der Waals surface area contributed by atoms with Gasteiger partial charge in [-0.25, -0.2) is 4.98 Å². The van der Waals surface area contributed by atoms with Gasteiger partial charge in [-0.05, 0) is 28.5 Å². The van der Waals surface area contributed by atoms with E-state index in [0.717, 1.165) is 11.1 Å². The van der Waals surface area contributed by atoms with Crippen LogP contribution in [0.2, 0.25) is 10.3 Å². The smallest absolute Gasteiger partial charge is 0.135 e. The molecule has 5 heteroatoms. The van der Waals surface area contributed by atoms with Crippen LogP contribution in [-0.4, -0.2) is 4.98 Å². The van der Waals surface area contributed by atoms with Crippen molar-refractivity contribution in [1.82, 2.24) is 4.98 Å². The molecule has 0 saturated heterocycles. The van der Waals surface area contributed by atoms with E-state index in [1.165, 1.54) is 0 Å². The summed E-state index contributed by atoms with van der Waals surface area (Å²) in [6.07, 6.45) is 0. The zero-order chi connectivity index (χ0) is 10.8. The van der Waals surface area contributed by atoms with E-state index >= 15 is 0 Å². The summed E-state index contributed by atoms with van der Waals surface area (Å²) in [6, 6.07) is 5.23. The summed E-state index contributed by atoms with van der Waals surface area (Å²) in [7, 11) is 0. The van der Waals surface area contributed by atoms with Crippen LogP contribution in [0.3, 0.4) is 0 Å². The molecule has 0 unspecified atom stereocenters. The topological polar surface area (TPSA) is 38.9 Å². The Morgan fingerprint density at radius 1 is 1.27 bits per heavy atom. The lowest BCUT2D eigenvalue weighted by Crippen LogP contribution is -2.11. The molecule has 2 aromatic heterocycles. The Labute approximate surface area is 102 Å². The molecule has 0 aliphatic carbocycles. The fourth-order valence-electron chi connectivity index (χ4n) is 1.29. The van der Waals surface area contributed by atoms with Gasteiger partial charge < -0.3 is 5.73 Å². The van der Waals surface area contributed by atoms with E-state index in [9.17, 15) is 0 Å². The molecule has 2 nitrogen and oxygen atoms in total. The Bertz CT molecular complexity index is 456. The highest BCUT2D eigenvalue weighted by Gasteiger charge is 2.13. The van der Waals surface area contributed by atoms with Crippen molar-refractivity contribution in [2.45, 2.75) is 6.04 Å². The third-order valence-corrected chi connectivity index (χ3v) is 3.30. The highest BCUT2D eigenvalue weighted by Crippen LogP contribution is 2.27. The van der Waals surface area contributed by atoms with Crippen molar-refractivity contribution in [2.75, 3.05) is 0 Å².